The number of amides is 1. The van der Waals surface area contributed by atoms with Gasteiger partial charge >= 0.3 is 0 Å². The Hall–Kier alpha value is -2.56. The SMILES string of the molecule is Cc1c(C(=O)N(C)Cc2ccccc2N2CCCC2)[nH]c2c1C(=O)CCC2. The number of aromatic nitrogens is 1. The van der Waals surface area contributed by atoms with E-state index >= 15 is 0 Å². The molecule has 142 valence electrons. The maximum Gasteiger partial charge on any atom is 0.270 e. The lowest BCUT2D eigenvalue weighted by atomic mass is 9.94. The van der Waals surface area contributed by atoms with Gasteiger partial charge < -0.3 is 14.8 Å². The maximum atomic E-state index is 13.1. The molecule has 0 bridgehead atoms. The van der Waals surface area contributed by atoms with E-state index in [0.717, 1.165) is 42.8 Å². The topological polar surface area (TPSA) is 56.4 Å². The van der Waals surface area contributed by atoms with Crippen LogP contribution in [0.15, 0.2) is 24.3 Å². The first-order valence-corrected chi connectivity index (χ1v) is 9.89. The molecule has 0 spiro atoms. The minimum absolute atomic E-state index is 0.0501. The van der Waals surface area contributed by atoms with Crippen LogP contribution in [0, 0.1) is 6.92 Å². The summed E-state index contributed by atoms with van der Waals surface area (Å²) in [5.74, 6) is 0.108. The zero-order chi connectivity index (χ0) is 19.0. The van der Waals surface area contributed by atoms with Crippen molar-refractivity contribution in [3.63, 3.8) is 0 Å². The number of aryl methyl sites for hydroxylation is 1. The van der Waals surface area contributed by atoms with Gasteiger partial charge in [0.1, 0.15) is 5.69 Å². The highest BCUT2D eigenvalue weighted by atomic mass is 16.2. The summed E-state index contributed by atoms with van der Waals surface area (Å²) in [6, 6.07) is 8.35. The maximum absolute atomic E-state index is 13.1. The molecule has 0 saturated carbocycles. The number of ketones is 1. The first kappa shape index (κ1) is 17.8. The van der Waals surface area contributed by atoms with Crippen LogP contribution in [0.1, 0.15) is 63.4 Å². The molecule has 5 nitrogen and oxygen atoms in total. The highest BCUT2D eigenvalue weighted by Crippen LogP contribution is 2.29. The molecule has 0 atom stereocenters. The van der Waals surface area contributed by atoms with Gasteiger partial charge in [-0.15, -0.1) is 0 Å². The number of carbonyl (C=O) groups excluding carboxylic acids is 2. The number of rotatable bonds is 4. The number of hydrogen-bond donors (Lipinski definition) is 1. The fourth-order valence-corrected chi connectivity index (χ4v) is 4.42. The number of nitrogens with zero attached hydrogens (tertiary/aromatic N) is 2. The van der Waals surface area contributed by atoms with Gasteiger partial charge in [0.05, 0.1) is 0 Å². The van der Waals surface area contributed by atoms with Crippen LogP contribution < -0.4 is 4.90 Å². The van der Waals surface area contributed by atoms with Gasteiger partial charge in [-0.2, -0.15) is 0 Å². The van der Waals surface area contributed by atoms with Gasteiger partial charge in [-0.05, 0) is 49.8 Å². The van der Waals surface area contributed by atoms with Gasteiger partial charge in [0.2, 0.25) is 0 Å². The van der Waals surface area contributed by atoms with Crippen LogP contribution >= 0.6 is 0 Å². The summed E-state index contributed by atoms with van der Waals surface area (Å²) < 4.78 is 0. The second-order valence-corrected chi connectivity index (χ2v) is 7.74. The quantitative estimate of drug-likeness (QED) is 0.898. The van der Waals surface area contributed by atoms with Crippen LogP contribution in [0.3, 0.4) is 0 Å². The van der Waals surface area contributed by atoms with Crippen LogP contribution in [0.2, 0.25) is 0 Å². The Morgan fingerprint density at radius 2 is 1.89 bits per heavy atom. The summed E-state index contributed by atoms with van der Waals surface area (Å²) in [5.41, 5.74) is 5.44. The second-order valence-electron chi connectivity index (χ2n) is 7.74. The molecule has 1 fully saturated rings. The number of benzene rings is 1. The number of anilines is 1. The molecule has 2 aromatic rings. The molecule has 0 radical (unpaired) electrons. The molecular formula is C22H27N3O2. The fourth-order valence-electron chi connectivity index (χ4n) is 4.42. The molecule has 5 heteroatoms. The van der Waals surface area contributed by atoms with Gasteiger partial charge in [0.15, 0.2) is 5.78 Å². The summed E-state index contributed by atoms with van der Waals surface area (Å²) >= 11 is 0. The van der Waals surface area contributed by atoms with Crippen molar-refractivity contribution in [3.8, 4) is 0 Å². The van der Waals surface area contributed by atoms with Crippen molar-refractivity contribution >= 4 is 17.4 Å². The van der Waals surface area contributed by atoms with Gasteiger partial charge in [0, 0.05) is 50.0 Å². The molecule has 4 rings (SSSR count). The summed E-state index contributed by atoms with van der Waals surface area (Å²) in [6.07, 6.45) is 4.74. The fraction of sp³-hybridized carbons (Fsp3) is 0.455. The van der Waals surface area contributed by atoms with Crippen molar-refractivity contribution in [3.05, 3.63) is 52.3 Å². The molecule has 1 aromatic heterocycles. The zero-order valence-electron chi connectivity index (χ0n) is 16.2. The molecule has 2 aliphatic rings. The number of hydrogen-bond acceptors (Lipinski definition) is 3. The van der Waals surface area contributed by atoms with E-state index in [2.05, 4.69) is 28.1 Å². The smallest absolute Gasteiger partial charge is 0.270 e. The summed E-state index contributed by atoms with van der Waals surface area (Å²) in [4.78, 5) is 32.7. The Morgan fingerprint density at radius 1 is 1.15 bits per heavy atom. The minimum Gasteiger partial charge on any atom is -0.371 e. The van der Waals surface area contributed by atoms with Crippen molar-refractivity contribution in [2.45, 2.75) is 45.6 Å². The van der Waals surface area contributed by atoms with Crippen LogP contribution in [-0.4, -0.2) is 41.7 Å². The Morgan fingerprint density at radius 3 is 2.63 bits per heavy atom. The van der Waals surface area contributed by atoms with Gasteiger partial charge in [-0.3, -0.25) is 9.59 Å². The number of carbonyl (C=O) groups is 2. The molecule has 1 aliphatic carbocycles. The number of nitrogens with one attached hydrogen (secondary N) is 1. The summed E-state index contributed by atoms with van der Waals surface area (Å²) in [7, 11) is 1.84. The highest BCUT2D eigenvalue weighted by Gasteiger charge is 2.28. The Labute approximate surface area is 160 Å². The van der Waals surface area contributed by atoms with E-state index in [1.54, 1.807) is 4.90 Å². The van der Waals surface area contributed by atoms with Gasteiger partial charge in [-0.25, -0.2) is 0 Å². The molecule has 1 saturated heterocycles. The molecule has 2 heterocycles. The van der Waals surface area contributed by atoms with E-state index in [1.165, 1.54) is 24.1 Å². The van der Waals surface area contributed by atoms with Crippen LogP contribution in [0.25, 0.3) is 0 Å². The predicted molar refractivity (Wildman–Crippen MR) is 106 cm³/mol. The van der Waals surface area contributed by atoms with E-state index in [4.69, 9.17) is 0 Å². The van der Waals surface area contributed by atoms with Crippen LogP contribution in [0.4, 0.5) is 5.69 Å². The van der Waals surface area contributed by atoms with E-state index in [9.17, 15) is 9.59 Å². The second kappa shape index (κ2) is 7.22. The van der Waals surface area contributed by atoms with Crippen molar-refractivity contribution in [2.75, 3.05) is 25.0 Å². The number of Topliss-reactive ketones (excluding diaryl/α,β-unsaturated/α-hetero) is 1. The molecule has 1 aliphatic heterocycles. The van der Waals surface area contributed by atoms with E-state index in [-0.39, 0.29) is 11.7 Å². The molecule has 1 aromatic carbocycles. The van der Waals surface area contributed by atoms with Crippen LogP contribution in [0.5, 0.6) is 0 Å². The number of aromatic amines is 1. The normalized spacial score (nSPS) is 16.5. The van der Waals surface area contributed by atoms with Crippen molar-refractivity contribution < 1.29 is 9.59 Å². The lowest BCUT2D eigenvalue weighted by Gasteiger charge is -2.24. The van der Waals surface area contributed by atoms with E-state index in [1.807, 2.05) is 20.0 Å². The third-order valence-corrected chi connectivity index (χ3v) is 5.84. The van der Waals surface area contributed by atoms with Crippen LogP contribution in [-0.2, 0) is 13.0 Å². The van der Waals surface area contributed by atoms with Gasteiger partial charge in [-0.1, -0.05) is 18.2 Å². The first-order valence-electron chi connectivity index (χ1n) is 9.89. The Bertz CT molecular complexity index is 878. The van der Waals surface area contributed by atoms with Crippen molar-refractivity contribution in [1.82, 2.24) is 9.88 Å². The summed E-state index contributed by atoms with van der Waals surface area (Å²) in [5, 5.41) is 0. The number of H-pyrrole nitrogens is 1. The monoisotopic (exact) mass is 365 g/mol. The lowest BCUT2D eigenvalue weighted by molar-refractivity contribution is 0.0779. The first-order chi connectivity index (χ1) is 13.1. The average Bonchev–Trinajstić information content (AvgIpc) is 3.30. The lowest BCUT2D eigenvalue weighted by Crippen LogP contribution is -2.28. The zero-order valence-corrected chi connectivity index (χ0v) is 16.2. The van der Waals surface area contributed by atoms with Gasteiger partial charge in [0.25, 0.3) is 5.91 Å². The molecule has 1 N–H and O–H groups in total. The van der Waals surface area contributed by atoms with E-state index < -0.39 is 0 Å². The summed E-state index contributed by atoms with van der Waals surface area (Å²) in [6.45, 7) is 4.61. The average molecular weight is 365 g/mol. The number of para-hydroxylation sites is 1. The predicted octanol–water partition coefficient (Wildman–Crippen LogP) is 3.71. The van der Waals surface area contributed by atoms with Crippen molar-refractivity contribution in [2.24, 2.45) is 0 Å². The largest absolute Gasteiger partial charge is 0.371 e. The third kappa shape index (κ3) is 3.27. The molecule has 0 unspecified atom stereocenters. The van der Waals surface area contributed by atoms with E-state index in [0.29, 0.717) is 18.7 Å². The Kier molecular flexibility index (Phi) is 4.77. The van der Waals surface area contributed by atoms with Crippen molar-refractivity contribution in [1.29, 1.82) is 0 Å². The standard InChI is InChI=1S/C22H27N3O2/c1-15-20-17(9-7-11-19(20)26)23-21(15)22(27)24(2)14-16-8-3-4-10-18(16)25-12-5-6-13-25/h3-4,8,10,23H,5-7,9,11-14H2,1-2H3. The Balaban J connectivity index is 1.57. The molecule has 27 heavy (non-hydrogen) atoms. The third-order valence-electron chi connectivity index (χ3n) is 5.84. The number of fused-ring (bicyclic) bond motifs is 1. The molecule has 1 amide bonds. The minimum atomic E-state index is -0.0501. The highest BCUT2D eigenvalue weighted by molar-refractivity contribution is 6.04. The molecular weight excluding hydrogens is 338 g/mol.